The highest BCUT2D eigenvalue weighted by atomic mass is 16.2. The van der Waals surface area contributed by atoms with Gasteiger partial charge in [-0.15, -0.1) is 0 Å². The molecule has 1 saturated heterocycles. The minimum atomic E-state index is -0.403. The summed E-state index contributed by atoms with van der Waals surface area (Å²) in [5.74, 6) is 0.0711. The second-order valence-electron chi connectivity index (χ2n) is 6.05. The predicted molar refractivity (Wildman–Crippen MR) is 83.4 cm³/mol. The summed E-state index contributed by atoms with van der Waals surface area (Å²) in [6.45, 7) is 0.645. The van der Waals surface area contributed by atoms with Gasteiger partial charge in [0.25, 0.3) is 5.91 Å². The van der Waals surface area contributed by atoms with Crippen molar-refractivity contribution in [3.63, 3.8) is 0 Å². The van der Waals surface area contributed by atoms with Gasteiger partial charge in [0, 0.05) is 18.2 Å². The number of hydrogen-bond acceptors (Lipinski definition) is 4. The van der Waals surface area contributed by atoms with Crippen LogP contribution in [0.5, 0.6) is 0 Å². The first-order chi connectivity index (χ1) is 11.0. The van der Waals surface area contributed by atoms with Gasteiger partial charge in [0.05, 0.1) is 13.1 Å². The first kappa shape index (κ1) is 15.5. The van der Waals surface area contributed by atoms with Crippen LogP contribution in [-0.2, 0) is 11.3 Å². The van der Waals surface area contributed by atoms with Crippen LogP contribution in [0.25, 0.3) is 0 Å². The van der Waals surface area contributed by atoms with E-state index < -0.39 is 6.03 Å². The molecule has 1 unspecified atom stereocenters. The summed E-state index contributed by atoms with van der Waals surface area (Å²) in [6.07, 6.45) is 2.27. The fraction of sp³-hybridized carbons (Fsp3) is 0.438. The van der Waals surface area contributed by atoms with Gasteiger partial charge in [-0.05, 0) is 36.5 Å². The van der Waals surface area contributed by atoms with Crippen LogP contribution in [0.4, 0.5) is 4.79 Å². The maximum atomic E-state index is 12.2. The number of imide groups is 1. The largest absolute Gasteiger partial charge is 0.350 e. The molecule has 0 aromatic heterocycles. The van der Waals surface area contributed by atoms with Crippen molar-refractivity contribution in [2.75, 3.05) is 13.1 Å². The molecule has 1 aliphatic heterocycles. The number of nitrogens with zero attached hydrogens (tertiary/aromatic N) is 1. The van der Waals surface area contributed by atoms with Crippen LogP contribution in [0, 0.1) is 5.92 Å². The van der Waals surface area contributed by atoms with Crippen molar-refractivity contribution in [3.05, 3.63) is 35.4 Å². The summed E-state index contributed by atoms with van der Waals surface area (Å²) < 4.78 is 0. The summed E-state index contributed by atoms with van der Waals surface area (Å²) in [5, 5.41) is 5.31. The Kier molecular flexibility index (Phi) is 4.29. The van der Waals surface area contributed by atoms with Gasteiger partial charge >= 0.3 is 6.03 Å². The molecule has 3 rings (SSSR count). The lowest BCUT2D eigenvalue weighted by Crippen LogP contribution is -2.38. The van der Waals surface area contributed by atoms with Crippen molar-refractivity contribution in [2.24, 2.45) is 11.7 Å². The minimum absolute atomic E-state index is 0.00745. The lowest BCUT2D eigenvalue weighted by Gasteiger charge is -2.14. The number of rotatable bonds is 6. The zero-order valence-corrected chi connectivity index (χ0v) is 12.7. The van der Waals surface area contributed by atoms with Gasteiger partial charge in [-0.1, -0.05) is 12.1 Å². The van der Waals surface area contributed by atoms with Crippen LogP contribution in [0.2, 0.25) is 0 Å². The zero-order valence-electron chi connectivity index (χ0n) is 12.7. The number of urea groups is 1. The average molecular weight is 316 g/mol. The average Bonchev–Trinajstić information content (AvgIpc) is 3.35. The smallest absolute Gasteiger partial charge is 0.324 e. The normalized spacial score (nSPS) is 18.7. The third-order valence-electron chi connectivity index (χ3n) is 4.19. The summed E-state index contributed by atoms with van der Waals surface area (Å²) in [7, 11) is 0. The fourth-order valence-electron chi connectivity index (χ4n) is 2.61. The Morgan fingerprint density at radius 2 is 2.17 bits per heavy atom. The molecule has 0 bridgehead atoms. The molecule has 4 N–H and O–H groups in total. The zero-order chi connectivity index (χ0) is 16.4. The number of carbonyl (C=O) groups excluding carboxylic acids is 3. The summed E-state index contributed by atoms with van der Waals surface area (Å²) in [4.78, 5) is 36.5. The Balaban J connectivity index is 1.61. The molecule has 1 saturated carbocycles. The van der Waals surface area contributed by atoms with Gasteiger partial charge in [-0.3, -0.25) is 14.5 Å². The van der Waals surface area contributed by atoms with E-state index in [0.717, 1.165) is 23.3 Å². The topological polar surface area (TPSA) is 105 Å². The molecule has 1 heterocycles. The Bertz CT molecular complexity index is 626. The molecule has 23 heavy (non-hydrogen) atoms. The van der Waals surface area contributed by atoms with Crippen molar-refractivity contribution in [2.45, 2.75) is 25.4 Å². The monoisotopic (exact) mass is 316 g/mol. The number of amides is 4. The van der Waals surface area contributed by atoms with E-state index in [1.54, 1.807) is 24.3 Å². The molecule has 122 valence electrons. The van der Waals surface area contributed by atoms with E-state index in [0.29, 0.717) is 18.0 Å². The van der Waals surface area contributed by atoms with Crippen LogP contribution in [0.15, 0.2) is 24.3 Å². The van der Waals surface area contributed by atoms with E-state index in [2.05, 4.69) is 10.6 Å². The maximum absolute atomic E-state index is 12.2. The van der Waals surface area contributed by atoms with E-state index >= 15 is 0 Å². The molecule has 1 aliphatic carbocycles. The van der Waals surface area contributed by atoms with Gasteiger partial charge in [-0.2, -0.15) is 0 Å². The van der Waals surface area contributed by atoms with Crippen molar-refractivity contribution >= 4 is 17.8 Å². The molecule has 1 atom stereocenters. The predicted octanol–water partition coefficient (Wildman–Crippen LogP) is 0.206. The van der Waals surface area contributed by atoms with E-state index in [4.69, 9.17) is 5.73 Å². The summed E-state index contributed by atoms with van der Waals surface area (Å²) in [5.41, 5.74) is 7.20. The Hall–Kier alpha value is -2.41. The maximum Gasteiger partial charge on any atom is 0.324 e. The van der Waals surface area contributed by atoms with E-state index in [1.165, 1.54) is 0 Å². The molecule has 2 fully saturated rings. The second kappa shape index (κ2) is 6.37. The van der Waals surface area contributed by atoms with Crippen LogP contribution in [0.3, 0.4) is 0 Å². The molecule has 7 nitrogen and oxygen atoms in total. The molecule has 0 radical (unpaired) electrons. The van der Waals surface area contributed by atoms with Crippen LogP contribution < -0.4 is 16.4 Å². The lowest BCUT2D eigenvalue weighted by atomic mass is 10.1. The molecular weight excluding hydrogens is 296 g/mol. The fourth-order valence-corrected chi connectivity index (χ4v) is 2.61. The van der Waals surface area contributed by atoms with Gasteiger partial charge in [0.2, 0.25) is 5.91 Å². The van der Waals surface area contributed by atoms with E-state index in [-0.39, 0.29) is 30.9 Å². The Morgan fingerprint density at radius 3 is 2.83 bits per heavy atom. The molecule has 4 amide bonds. The number of carbonyl (C=O) groups is 3. The third-order valence-corrected chi connectivity index (χ3v) is 4.19. The molecule has 1 aromatic rings. The van der Waals surface area contributed by atoms with Crippen molar-refractivity contribution in [3.8, 4) is 0 Å². The first-order valence-corrected chi connectivity index (χ1v) is 7.75. The molecule has 7 heteroatoms. The summed E-state index contributed by atoms with van der Waals surface area (Å²) >= 11 is 0. The number of nitrogens with one attached hydrogen (secondary N) is 2. The van der Waals surface area contributed by atoms with Crippen LogP contribution in [0.1, 0.15) is 28.8 Å². The van der Waals surface area contributed by atoms with E-state index in [1.807, 2.05) is 0 Å². The molecule has 0 spiro atoms. The third kappa shape index (κ3) is 3.68. The quantitative estimate of drug-likeness (QED) is 0.652. The van der Waals surface area contributed by atoms with Crippen LogP contribution in [-0.4, -0.2) is 41.9 Å². The highest BCUT2D eigenvalue weighted by molar-refractivity contribution is 6.02. The summed E-state index contributed by atoms with van der Waals surface area (Å²) in [6, 6.07) is 6.52. The highest BCUT2D eigenvalue weighted by Gasteiger charge is 2.29. The number of nitrogens with two attached hydrogens (primary N) is 1. The van der Waals surface area contributed by atoms with Crippen molar-refractivity contribution in [1.82, 2.24) is 15.5 Å². The van der Waals surface area contributed by atoms with E-state index in [9.17, 15) is 14.4 Å². The Labute approximate surface area is 134 Å². The van der Waals surface area contributed by atoms with Crippen LogP contribution >= 0.6 is 0 Å². The Morgan fingerprint density at radius 1 is 1.39 bits per heavy atom. The van der Waals surface area contributed by atoms with Crippen molar-refractivity contribution in [1.29, 1.82) is 0 Å². The number of benzene rings is 1. The van der Waals surface area contributed by atoms with Crippen molar-refractivity contribution < 1.29 is 14.4 Å². The van der Waals surface area contributed by atoms with Gasteiger partial charge in [0.1, 0.15) is 0 Å². The molecular formula is C16H20N4O3. The van der Waals surface area contributed by atoms with Gasteiger partial charge in [0.15, 0.2) is 0 Å². The lowest BCUT2D eigenvalue weighted by molar-refractivity contribution is -0.125. The first-order valence-electron chi connectivity index (χ1n) is 7.75. The molecule has 2 aliphatic rings. The van der Waals surface area contributed by atoms with Gasteiger partial charge in [-0.25, -0.2) is 4.79 Å². The standard InChI is InChI=1S/C16H20N4O3/c17-13(11-4-5-11)7-18-15(22)12-3-1-2-10(6-12)9-20-14(21)8-19-16(20)23/h1-3,6,11,13H,4-5,7-9,17H2,(H,18,22)(H,19,23). The number of hydrogen-bond donors (Lipinski definition) is 3. The SMILES string of the molecule is NC(CNC(=O)c1cccc(CN2C(=O)CNC2=O)c1)C1CC1. The second-order valence-corrected chi connectivity index (χ2v) is 6.05. The highest BCUT2D eigenvalue weighted by Crippen LogP contribution is 2.31. The minimum Gasteiger partial charge on any atom is -0.350 e. The molecule has 1 aromatic carbocycles. The van der Waals surface area contributed by atoms with Gasteiger partial charge < -0.3 is 16.4 Å².